The number of hydrogen-bond donors (Lipinski definition) is 2. The Morgan fingerprint density at radius 1 is 1.08 bits per heavy atom. The first kappa shape index (κ1) is 19.1. The van der Waals surface area contributed by atoms with Crippen molar-refractivity contribution in [3.05, 3.63) is 75.8 Å². The molecule has 0 aliphatic carbocycles. The van der Waals surface area contributed by atoms with Crippen molar-refractivity contribution in [2.75, 3.05) is 0 Å². The lowest BCUT2D eigenvalue weighted by Crippen LogP contribution is -2.45. The molecular weight excluding hydrogens is 334 g/mol. The number of primary amides is 1. The van der Waals surface area contributed by atoms with Crippen LogP contribution in [0.1, 0.15) is 24.0 Å². The number of nitrogens with zero attached hydrogens (tertiary/aromatic N) is 1. The number of non-ortho nitro benzene ring substituents is 1. The normalized spacial score (nSPS) is 11.5. The second kappa shape index (κ2) is 9.31. The van der Waals surface area contributed by atoms with Crippen LogP contribution in [0.25, 0.3) is 0 Å². The van der Waals surface area contributed by atoms with Gasteiger partial charge in [0.05, 0.1) is 11.3 Å². The molecule has 0 fully saturated rings. The fourth-order valence-electron chi connectivity index (χ4n) is 2.65. The molecule has 1 atom stereocenters. The third kappa shape index (κ3) is 6.01. The summed E-state index contributed by atoms with van der Waals surface area (Å²) in [5.41, 5.74) is 6.96. The number of nitrogens with one attached hydrogen (secondary N) is 1. The molecule has 2 rings (SSSR count). The number of carbonyl (C=O) groups excluding carboxylic acids is 2. The Labute approximate surface area is 151 Å². The molecule has 0 aromatic heterocycles. The first-order valence-electron chi connectivity index (χ1n) is 8.31. The predicted molar refractivity (Wildman–Crippen MR) is 97.3 cm³/mol. The lowest BCUT2D eigenvalue weighted by Gasteiger charge is -2.15. The van der Waals surface area contributed by atoms with Crippen molar-refractivity contribution < 1.29 is 14.5 Å². The van der Waals surface area contributed by atoms with Gasteiger partial charge >= 0.3 is 0 Å². The number of benzene rings is 2. The Morgan fingerprint density at radius 2 is 1.77 bits per heavy atom. The van der Waals surface area contributed by atoms with Crippen molar-refractivity contribution >= 4 is 17.5 Å². The minimum Gasteiger partial charge on any atom is -0.368 e. The van der Waals surface area contributed by atoms with Crippen molar-refractivity contribution in [3.63, 3.8) is 0 Å². The van der Waals surface area contributed by atoms with E-state index in [4.69, 9.17) is 5.73 Å². The number of carbonyl (C=O) groups is 2. The van der Waals surface area contributed by atoms with E-state index in [-0.39, 0.29) is 12.1 Å². The predicted octanol–water partition coefficient (Wildman–Crippen LogP) is 2.13. The first-order chi connectivity index (χ1) is 12.5. The van der Waals surface area contributed by atoms with Crippen LogP contribution in [0.2, 0.25) is 0 Å². The number of nitrogens with two attached hydrogens (primary N) is 1. The zero-order valence-electron chi connectivity index (χ0n) is 14.3. The molecule has 3 N–H and O–H groups in total. The average molecular weight is 355 g/mol. The number of nitro benzene ring substituents is 1. The Bertz CT molecular complexity index is 777. The van der Waals surface area contributed by atoms with E-state index in [9.17, 15) is 19.7 Å². The molecule has 2 aromatic rings. The van der Waals surface area contributed by atoms with Crippen LogP contribution in [0.5, 0.6) is 0 Å². The van der Waals surface area contributed by atoms with Gasteiger partial charge in [-0.2, -0.15) is 0 Å². The Balaban J connectivity index is 1.88. The zero-order valence-corrected chi connectivity index (χ0v) is 14.3. The summed E-state index contributed by atoms with van der Waals surface area (Å²) in [5.74, 6) is -0.987. The topological polar surface area (TPSA) is 115 Å². The van der Waals surface area contributed by atoms with Gasteiger partial charge in [-0.05, 0) is 30.4 Å². The van der Waals surface area contributed by atoms with Crippen LogP contribution < -0.4 is 11.1 Å². The standard InChI is InChI=1S/C19H21N3O4/c20-19(24)17(11-5-8-14-6-2-1-3-7-14)21-18(23)13-15-9-4-10-16(12-15)22(25)26/h1-4,6-7,9-10,12,17H,5,8,11,13H2,(H2,20,24)(H,21,23)/t17-/m0/s1. The number of nitro groups is 1. The maximum atomic E-state index is 12.2. The van der Waals surface area contributed by atoms with Gasteiger partial charge in [0.1, 0.15) is 6.04 Å². The van der Waals surface area contributed by atoms with E-state index in [1.807, 2.05) is 30.3 Å². The molecule has 0 unspecified atom stereocenters. The average Bonchev–Trinajstić information content (AvgIpc) is 2.61. The van der Waals surface area contributed by atoms with E-state index in [2.05, 4.69) is 5.32 Å². The van der Waals surface area contributed by atoms with Gasteiger partial charge in [0.15, 0.2) is 0 Å². The highest BCUT2D eigenvalue weighted by Crippen LogP contribution is 2.13. The van der Waals surface area contributed by atoms with E-state index in [0.717, 1.165) is 12.0 Å². The van der Waals surface area contributed by atoms with E-state index >= 15 is 0 Å². The SMILES string of the molecule is NC(=O)[C@H](CCCc1ccccc1)NC(=O)Cc1cccc([N+](=O)[O-])c1. The highest BCUT2D eigenvalue weighted by atomic mass is 16.6. The van der Waals surface area contributed by atoms with Crippen LogP contribution in [-0.4, -0.2) is 22.8 Å². The second-order valence-electron chi connectivity index (χ2n) is 6.00. The van der Waals surface area contributed by atoms with Crippen molar-refractivity contribution in [1.29, 1.82) is 0 Å². The summed E-state index contributed by atoms with van der Waals surface area (Å²) in [7, 11) is 0. The van der Waals surface area contributed by atoms with Crippen LogP contribution in [0.15, 0.2) is 54.6 Å². The van der Waals surface area contributed by atoms with Crippen molar-refractivity contribution in [2.45, 2.75) is 31.7 Å². The molecular formula is C19H21N3O4. The Kier molecular flexibility index (Phi) is 6.84. The maximum Gasteiger partial charge on any atom is 0.269 e. The zero-order chi connectivity index (χ0) is 18.9. The molecule has 0 heterocycles. The van der Waals surface area contributed by atoms with E-state index in [0.29, 0.717) is 18.4 Å². The number of aryl methyl sites for hydroxylation is 1. The monoisotopic (exact) mass is 355 g/mol. The molecule has 0 spiro atoms. The molecule has 2 amide bonds. The van der Waals surface area contributed by atoms with Gasteiger partial charge in [-0.3, -0.25) is 19.7 Å². The Morgan fingerprint density at radius 3 is 2.42 bits per heavy atom. The van der Waals surface area contributed by atoms with Crippen LogP contribution in [-0.2, 0) is 22.4 Å². The van der Waals surface area contributed by atoms with Gasteiger partial charge in [-0.1, -0.05) is 42.5 Å². The van der Waals surface area contributed by atoms with Crippen molar-refractivity contribution in [2.24, 2.45) is 5.73 Å². The third-order valence-electron chi connectivity index (χ3n) is 3.97. The fourth-order valence-corrected chi connectivity index (χ4v) is 2.65. The minimum absolute atomic E-state index is 0.0514. The quantitative estimate of drug-likeness (QED) is 0.529. The van der Waals surface area contributed by atoms with E-state index in [1.165, 1.54) is 18.2 Å². The summed E-state index contributed by atoms with van der Waals surface area (Å²) in [5, 5.41) is 13.4. The third-order valence-corrected chi connectivity index (χ3v) is 3.97. The second-order valence-corrected chi connectivity index (χ2v) is 6.00. The molecule has 0 radical (unpaired) electrons. The molecule has 0 aliphatic rings. The molecule has 0 bridgehead atoms. The molecule has 0 aliphatic heterocycles. The molecule has 136 valence electrons. The molecule has 7 nitrogen and oxygen atoms in total. The molecule has 26 heavy (non-hydrogen) atoms. The van der Waals surface area contributed by atoms with Crippen molar-refractivity contribution in [3.8, 4) is 0 Å². The smallest absolute Gasteiger partial charge is 0.269 e. The largest absolute Gasteiger partial charge is 0.368 e. The highest BCUT2D eigenvalue weighted by molar-refractivity contribution is 5.87. The van der Waals surface area contributed by atoms with E-state index < -0.39 is 22.8 Å². The maximum absolute atomic E-state index is 12.2. The first-order valence-corrected chi connectivity index (χ1v) is 8.31. The van der Waals surface area contributed by atoms with Crippen LogP contribution in [0.4, 0.5) is 5.69 Å². The molecule has 2 aromatic carbocycles. The summed E-state index contributed by atoms with van der Waals surface area (Å²) >= 11 is 0. The van der Waals surface area contributed by atoms with Gasteiger partial charge in [0.2, 0.25) is 11.8 Å². The summed E-state index contributed by atoms with van der Waals surface area (Å²) in [6, 6.07) is 14.9. The number of hydrogen-bond acceptors (Lipinski definition) is 4. The summed E-state index contributed by atoms with van der Waals surface area (Å²) < 4.78 is 0. The van der Waals surface area contributed by atoms with Gasteiger partial charge in [0.25, 0.3) is 5.69 Å². The fraction of sp³-hybridized carbons (Fsp3) is 0.263. The van der Waals surface area contributed by atoms with Gasteiger partial charge in [-0.25, -0.2) is 0 Å². The highest BCUT2D eigenvalue weighted by Gasteiger charge is 2.18. The Hall–Kier alpha value is -3.22. The van der Waals surface area contributed by atoms with E-state index in [1.54, 1.807) is 6.07 Å². The van der Waals surface area contributed by atoms with Crippen LogP contribution in [0, 0.1) is 10.1 Å². The van der Waals surface area contributed by atoms with Gasteiger partial charge in [-0.15, -0.1) is 0 Å². The lowest BCUT2D eigenvalue weighted by atomic mass is 10.0. The number of amides is 2. The molecule has 0 saturated carbocycles. The van der Waals surface area contributed by atoms with Gasteiger partial charge in [0, 0.05) is 12.1 Å². The molecule has 0 saturated heterocycles. The summed E-state index contributed by atoms with van der Waals surface area (Å²) in [4.78, 5) is 34.0. The summed E-state index contributed by atoms with van der Waals surface area (Å²) in [6.45, 7) is 0. The van der Waals surface area contributed by atoms with Gasteiger partial charge < -0.3 is 11.1 Å². The number of rotatable bonds is 9. The summed E-state index contributed by atoms with van der Waals surface area (Å²) in [6.07, 6.45) is 1.87. The lowest BCUT2D eigenvalue weighted by molar-refractivity contribution is -0.384. The van der Waals surface area contributed by atoms with Crippen LogP contribution in [0.3, 0.4) is 0 Å². The molecule has 7 heteroatoms. The van der Waals surface area contributed by atoms with Crippen LogP contribution >= 0.6 is 0 Å². The van der Waals surface area contributed by atoms with Crippen molar-refractivity contribution in [1.82, 2.24) is 5.32 Å². The minimum atomic E-state index is -0.759.